The Balaban J connectivity index is 1.65. The second kappa shape index (κ2) is 5.17. The summed E-state index contributed by atoms with van der Waals surface area (Å²) in [4.78, 5) is 0. The number of benzene rings is 1. The van der Waals surface area contributed by atoms with E-state index in [4.69, 9.17) is 5.73 Å². The summed E-state index contributed by atoms with van der Waals surface area (Å²) in [5.74, 6) is 2.93. The van der Waals surface area contributed by atoms with Crippen LogP contribution in [0.1, 0.15) is 38.2 Å². The molecule has 2 heteroatoms. The van der Waals surface area contributed by atoms with Crippen LogP contribution >= 0.6 is 0 Å². The van der Waals surface area contributed by atoms with Crippen LogP contribution in [0.3, 0.4) is 0 Å². The smallest absolute Gasteiger partial charge is 0.0483 e. The van der Waals surface area contributed by atoms with Gasteiger partial charge in [0.2, 0.25) is 0 Å². The lowest BCUT2D eigenvalue weighted by Crippen LogP contribution is -2.18. The van der Waals surface area contributed by atoms with Crippen molar-refractivity contribution in [3.63, 3.8) is 0 Å². The third-order valence-electron chi connectivity index (χ3n) is 5.73. The molecular formula is C19H26N2. The summed E-state index contributed by atoms with van der Waals surface area (Å²) >= 11 is 0. The van der Waals surface area contributed by atoms with Gasteiger partial charge in [-0.25, -0.2) is 0 Å². The SMILES string of the molecule is CC(N)Cc1cn(CC2CC3CCC2C3)c2ccccc12. The average molecular weight is 282 g/mol. The molecule has 2 bridgehead atoms. The Morgan fingerprint density at radius 2 is 2.10 bits per heavy atom. The molecule has 2 N–H and O–H groups in total. The second-order valence-electron chi connectivity index (χ2n) is 7.44. The molecule has 1 heterocycles. The third-order valence-corrected chi connectivity index (χ3v) is 5.73. The molecule has 21 heavy (non-hydrogen) atoms. The minimum Gasteiger partial charge on any atom is -0.347 e. The first-order chi connectivity index (χ1) is 10.2. The molecule has 1 aromatic carbocycles. The first kappa shape index (κ1) is 13.4. The van der Waals surface area contributed by atoms with Gasteiger partial charge >= 0.3 is 0 Å². The Hall–Kier alpha value is -1.28. The maximum Gasteiger partial charge on any atom is 0.0483 e. The number of aromatic nitrogens is 1. The van der Waals surface area contributed by atoms with Crippen LogP contribution in [-0.4, -0.2) is 10.6 Å². The summed E-state index contributed by atoms with van der Waals surface area (Å²) in [5.41, 5.74) is 8.85. The zero-order valence-corrected chi connectivity index (χ0v) is 13.0. The number of fused-ring (bicyclic) bond motifs is 3. The van der Waals surface area contributed by atoms with Crippen LogP contribution in [0.5, 0.6) is 0 Å². The molecule has 0 radical (unpaired) electrons. The lowest BCUT2D eigenvalue weighted by Gasteiger charge is -2.22. The molecule has 4 unspecified atom stereocenters. The fourth-order valence-electron chi connectivity index (χ4n) is 4.84. The molecule has 4 atom stereocenters. The number of rotatable bonds is 4. The van der Waals surface area contributed by atoms with E-state index in [0.717, 1.165) is 24.2 Å². The predicted octanol–water partition coefficient (Wildman–Crippen LogP) is 3.97. The molecule has 0 aliphatic heterocycles. The summed E-state index contributed by atoms with van der Waals surface area (Å²) < 4.78 is 2.51. The van der Waals surface area contributed by atoms with Crippen molar-refractivity contribution >= 4 is 10.9 Å². The lowest BCUT2D eigenvalue weighted by atomic mass is 9.89. The molecular weight excluding hydrogens is 256 g/mol. The molecule has 2 fully saturated rings. The van der Waals surface area contributed by atoms with Gasteiger partial charge in [-0.2, -0.15) is 0 Å². The maximum atomic E-state index is 6.03. The summed E-state index contributed by atoms with van der Waals surface area (Å²) in [7, 11) is 0. The van der Waals surface area contributed by atoms with E-state index in [2.05, 4.69) is 42.0 Å². The van der Waals surface area contributed by atoms with Crippen molar-refractivity contribution in [3.05, 3.63) is 36.0 Å². The first-order valence-corrected chi connectivity index (χ1v) is 8.53. The molecule has 1 aromatic heterocycles. The molecule has 0 amide bonds. The molecule has 2 aliphatic rings. The quantitative estimate of drug-likeness (QED) is 0.904. The molecule has 2 saturated carbocycles. The summed E-state index contributed by atoms with van der Waals surface area (Å²) in [5, 5.41) is 1.40. The van der Waals surface area contributed by atoms with Crippen LogP contribution < -0.4 is 5.73 Å². The van der Waals surface area contributed by atoms with Gasteiger partial charge in [0.05, 0.1) is 0 Å². The topological polar surface area (TPSA) is 30.9 Å². The third kappa shape index (κ3) is 2.40. The molecule has 4 rings (SSSR count). The number of para-hydroxylation sites is 1. The highest BCUT2D eigenvalue weighted by molar-refractivity contribution is 5.84. The highest BCUT2D eigenvalue weighted by Crippen LogP contribution is 2.49. The van der Waals surface area contributed by atoms with E-state index in [1.165, 1.54) is 48.7 Å². The largest absolute Gasteiger partial charge is 0.347 e. The number of hydrogen-bond acceptors (Lipinski definition) is 1. The van der Waals surface area contributed by atoms with Gasteiger partial charge in [-0.1, -0.05) is 24.6 Å². The van der Waals surface area contributed by atoms with Crippen molar-refractivity contribution < 1.29 is 0 Å². The van der Waals surface area contributed by atoms with Crippen LogP contribution in [0.15, 0.2) is 30.5 Å². The molecule has 0 spiro atoms. The number of hydrogen-bond donors (Lipinski definition) is 1. The minimum atomic E-state index is 0.228. The highest BCUT2D eigenvalue weighted by atomic mass is 15.0. The molecule has 0 saturated heterocycles. The van der Waals surface area contributed by atoms with Gasteiger partial charge in [-0.3, -0.25) is 0 Å². The van der Waals surface area contributed by atoms with E-state index in [1.807, 2.05) is 0 Å². The average Bonchev–Trinajstić information content (AvgIpc) is 3.15. The van der Waals surface area contributed by atoms with E-state index >= 15 is 0 Å². The second-order valence-corrected chi connectivity index (χ2v) is 7.44. The fourth-order valence-corrected chi connectivity index (χ4v) is 4.84. The van der Waals surface area contributed by atoms with Gasteiger partial charge in [0.1, 0.15) is 0 Å². The van der Waals surface area contributed by atoms with Gasteiger partial charge in [0.15, 0.2) is 0 Å². The predicted molar refractivity (Wildman–Crippen MR) is 88.2 cm³/mol. The fraction of sp³-hybridized carbons (Fsp3) is 0.579. The zero-order valence-electron chi connectivity index (χ0n) is 13.0. The lowest BCUT2D eigenvalue weighted by molar-refractivity contribution is 0.299. The van der Waals surface area contributed by atoms with Crippen LogP contribution in [0.4, 0.5) is 0 Å². The molecule has 2 aliphatic carbocycles. The van der Waals surface area contributed by atoms with E-state index in [-0.39, 0.29) is 6.04 Å². The van der Waals surface area contributed by atoms with Crippen molar-refractivity contribution in [3.8, 4) is 0 Å². The van der Waals surface area contributed by atoms with Crippen LogP contribution in [0, 0.1) is 17.8 Å². The zero-order chi connectivity index (χ0) is 14.4. The van der Waals surface area contributed by atoms with Crippen molar-refractivity contribution in [2.24, 2.45) is 23.5 Å². The Bertz CT molecular complexity index is 640. The van der Waals surface area contributed by atoms with Crippen LogP contribution in [0.2, 0.25) is 0 Å². The van der Waals surface area contributed by atoms with Crippen molar-refractivity contribution in [1.29, 1.82) is 0 Å². The Labute approximate surface area is 127 Å². The maximum absolute atomic E-state index is 6.03. The van der Waals surface area contributed by atoms with Crippen LogP contribution in [0.25, 0.3) is 10.9 Å². The van der Waals surface area contributed by atoms with Crippen molar-refractivity contribution in [2.75, 3.05) is 0 Å². The first-order valence-electron chi connectivity index (χ1n) is 8.53. The summed E-state index contributed by atoms with van der Waals surface area (Å²) in [6.45, 7) is 3.31. The Morgan fingerprint density at radius 3 is 2.81 bits per heavy atom. The van der Waals surface area contributed by atoms with Gasteiger partial charge in [-0.05, 0) is 62.0 Å². The van der Waals surface area contributed by atoms with Crippen LogP contribution in [-0.2, 0) is 13.0 Å². The van der Waals surface area contributed by atoms with Crippen molar-refractivity contribution in [2.45, 2.75) is 51.6 Å². The summed E-state index contributed by atoms with van der Waals surface area (Å²) in [6, 6.07) is 9.06. The van der Waals surface area contributed by atoms with Gasteiger partial charge in [0, 0.05) is 29.7 Å². The van der Waals surface area contributed by atoms with E-state index in [0.29, 0.717) is 0 Å². The molecule has 112 valence electrons. The Morgan fingerprint density at radius 1 is 1.24 bits per heavy atom. The number of nitrogens with two attached hydrogens (primary N) is 1. The monoisotopic (exact) mass is 282 g/mol. The van der Waals surface area contributed by atoms with E-state index in [1.54, 1.807) is 0 Å². The highest BCUT2D eigenvalue weighted by Gasteiger charge is 2.39. The minimum absolute atomic E-state index is 0.228. The van der Waals surface area contributed by atoms with Gasteiger partial charge in [-0.15, -0.1) is 0 Å². The Kier molecular flexibility index (Phi) is 3.30. The molecule has 2 aromatic rings. The molecule has 2 nitrogen and oxygen atoms in total. The standard InChI is InChI=1S/C19H26N2/c1-13(20)8-17-12-21(19-5-3-2-4-18(17)19)11-16-10-14-6-7-15(16)9-14/h2-5,12-16H,6-11,20H2,1H3. The van der Waals surface area contributed by atoms with E-state index in [9.17, 15) is 0 Å². The normalized spacial score (nSPS) is 29.3. The number of nitrogens with zero attached hydrogens (tertiary/aromatic N) is 1. The van der Waals surface area contributed by atoms with Gasteiger partial charge < -0.3 is 10.3 Å². The summed E-state index contributed by atoms with van der Waals surface area (Å²) in [6.07, 6.45) is 9.27. The van der Waals surface area contributed by atoms with Crippen molar-refractivity contribution in [1.82, 2.24) is 4.57 Å². The van der Waals surface area contributed by atoms with E-state index < -0.39 is 0 Å². The van der Waals surface area contributed by atoms with Gasteiger partial charge in [0.25, 0.3) is 0 Å².